The third-order valence-electron chi connectivity index (χ3n) is 4.26. The van der Waals surface area contributed by atoms with Crippen molar-refractivity contribution in [2.24, 2.45) is 0 Å². The molecule has 0 saturated carbocycles. The van der Waals surface area contributed by atoms with Gasteiger partial charge in [0.25, 0.3) is 0 Å². The standard InChI is InChI=1S/C19H23N5/c1-16(12-18-13-20-8-9-21-18)23(2)15-19-22-10-11-24(19)14-17-6-4-3-5-7-17/h3-11,13,16H,12,14-15H2,1-2H3. The van der Waals surface area contributed by atoms with E-state index in [4.69, 9.17) is 0 Å². The molecule has 1 unspecified atom stereocenters. The van der Waals surface area contributed by atoms with Gasteiger partial charge in [0, 0.05) is 50.0 Å². The molecule has 0 aliphatic rings. The van der Waals surface area contributed by atoms with Gasteiger partial charge in [0.1, 0.15) is 5.82 Å². The third-order valence-corrected chi connectivity index (χ3v) is 4.26. The molecular weight excluding hydrogens is 298 g/mol. The highest BCUT2D eigenvalue weighted by molar-refractivity contribution is 5.15. The number of hydrogen-bond acceptors (Lipinski definition) is 4. The molecule has 2 aromatic heterocycles. The van der Waals surface area contributed by atoms with Gasteiger partial charge >= 0.3 is 0 Å². The van der Waals surface area contributed by atoms with Crippen LogP contribution in [0.25, 0.3) is 0 Å². The molecule has 0 fully saturated rings. The molecule has 3 aromatic rings. The minimum Gasteiger partial charge on any atom is -0.329 e. The average Bonchev–Trinajstić information content (AvgIpc) is 3.03. The van der Waals surface area contributed by atoms with Gasteiger partial charge < -0.3 is 4.57 Å². The Morgan fingerprint density at radius 3 is 2.67 bits per heavy atom. The van der Waals surface area contributed by atoms with Crippen LogP contribution in [0.5, 0.6) is 0 Å². The van der Waals surface area contributed by atoms with E-state index < -0.39 is 0 Å². The predicted octanol–water partition coefficient (Wildman–Crippen LogP) is 2.78. The topological polar surface area (TPSA) is 46.8 Å². The van der Waals surface area contributed by atoms with Gasteiger partial charge in [0.2, 0.25) is 0 Å². The molecule has 0 radical (unpaired) electrons. The minimum atomic E-state index is 0.364. The van der Waals surface area contributed by atoms with Crippen LogP contribution in [0.3, 0.4) is 0 Å². The Kier molecular flexibility index (Phi) is 5.33. The lowest BCUT2D eigenvalue weighted by Gasteiger charge is -2.24. The lowest BCUT2D eigenvalue weighted by Crippen LogP contribution is -2.31. The largest absolute Gasteiger partial charge is 0.329 e. The van der Waals surface area contributed by atoms with Crippen molar-refractivity contribution in [3.63, 3.8) is 0 Å². The van der Waals surface area contributed by atoms with Crippen LogP contribution in [-0.2, 0) is 19.5 Å². The molecule has 0 aliphatic carbocycles. The van der Waals surface area contributed by atoms with E-state index in [-0.39, 0.29) is 0 Å². The van der Waals surface area contributed by atoms with Crippen molar-refractivity contribution in [2.75, 3.05) is 7.05 Å². The average molecular weight is 321 g/mol. The van der Waals surface area contributed by atoms with Gasteiger partial charge in [-0.05, 0) is 19.5 Å². The first-order chi connectivity index (χ1) is 11.7. The van der Waals surface area contributed by atoms with E-state index in [0.717, 1.165) is 31.0 Å². The molecule has 0 saturated heterocycles. The normalized spacial score (nSPS) is 12.5. The maximum atomic E-state index is 4.54. The summed E-state index contributed by atoms with van der Waals surface area (Å²) in [6.07, 6.45) is 10.1. The first-order valence-electron chi connectivity index (χ1n) is 8.21. The van der Waals surface area contributed by atoms with E-state index in [1.165, 1.54) is 5.56 Å². The van der Waals surface area contributed by atoms with Crippen LogP contribution < -0.4 is 0 Å². The van der Waals surface area contributed by atoms with Crippen molar-refractivity contribution in [1.29, 1.82) is 0 Å². The Labute approximate surface area is 143 Å². The number of nitrogens with zero attached hydrogens (tertiary/aromatic N) is 5. The number of likely N-dealkylation sites (N-methyl/N-ethyl adjacent to an activating group) is 1. The molecular formula is C19H23N5. The molecule has 0 bridgehead atoms. The molecule has 2 heterocycles. The summed E-state index contributed by atoms with van der Waals surface area (Å²) in [5.41, 5.74) is 2.30. The maximum Gasteiger partial charge on any atom is 0.123 e. The fourth-order valence-electron chi connectivity index (χ4n) is 2.69. The monoisotopic (exact) mass is 321 g/mol. The van der Waals surface area contributed by atoms with Gasteiger partial charge in [0.05, 0.1) is 12.2 Å². The molecule has 5 nitrogen and oxygen atoms in total. The predicted molar refractivity (Wildman–Crippen MR) is 94.4 cm³/mol. The van der Waals surface area contributed by atoms with Gasteiger partial charge in [-0.3, -0.25) is 14.9 Å². The first-order valence-corrected chi connectivity index (χ1v) is 8.21. The fraction of sp³-hybridized carbons (Fsp3) is 0.316. The smallest absolute Gasteiger partial charge is 0.123 e. The second kappa shape index (κ2) is 7.84. The van der Waals surface area contributed by atoms with Crippen molar-refractivity contribution in [3.05, 3.63) is 78.4 Å². The quantitative estimate of drug-likeness (QED) is 0.671. The molecule has 0 aliphatic heterocycles. The van der Waals surface area contributed by atoms with Crippen LogP contribution in [0, 0.1) is 0 Å². The molecule has 0 spiro atoms. The van der Waals surface area contributed by atoms with Gasteiger partial charge in [-0.1, -0.05) is 30.3 Å². The minimum absolute atomic E-state index is 0.364. The van der Waals surface area contributed by atoms with Crippen molar-refractivity contribution in [2.45, 2.75) is 32.5 Å². The van der Waals surface area contributed by atoms with Crippen molar-refractivity contribution >= 4 is 0 Å². The number of aromatic nitrogens is 4. The van der Waals surface area contributed by atoms with Crippen LogP contribution in [-0.4, -0.2) is 37.5 Å². The van der Waals surface area contributed by atoms with E-state index >= 15 is 0 Å². The van der Waals surface area contributed by atoms with Crippen molar-refractivity contribution in [1.82, 2.24) is 24.4 Å². The third kappa shape index (κ3) is 4.26. The Bertz CT molecular complexity index is 739. The van der Waals surface area contributed by atoms with E-state index in [1.54, 1.807) is 12.4 Å². The van der Waals surface area contributed by atoms with Crippen LogP contribution in [0.4, 0.5) is 0 Å². The van der Waals surface area contributed by atoms with E-state index in [2.05, 4.69) is 62.7 Å². The van der Waals surface area contributed by atoms with Crippen LogP contribution in [0.1, 0.15) is 24.0 Å². The summed E-state index contributed by atoms with van der Waals surface area (Å²) in [6.45, 7) is 3.86. The summed E-state index contributed by atoms with van der Waals surface area (Å²) >= 11 is 0. The van der Waals surface area contributed by atoms with E-state index in [1.807, 2.05) is 24.7 Å². The number of benzene rings is 1. The molecule has 5 heteroatoms. The summed E-state index contributed by atoms with van der Waals surface area (Å²) in [5, 5.41) is 0. The Morgan fingerprint density at radius 1 is 1.08 bits per heavy atom. The molecule has 124 valence electrons. The summed E-state index contributed by atoms with van der Waals surface area (Å²) in [7, 11) is 2.13. The molecule has 0 amide bonds. The zero-order chi connectivity index (χ0) is 16.8. The van der Waals surface area contributed by atoms with E-state index in [9.17, 15) is 0 Å². The summed E-state index contributed by atoms with van der Waals surface area (Å²) in [5.74, 6) is 1.08. The van der Waals surface area contributed by atoms with Crippen molar-refractivity contribution < 1.29 is 0 Å². The highest BCUT2D eigenvalue weighted by Gasteiger charge is 2.14. The fourth-order valence-corrected chi connectivity index (χ4v) is 2.69. The summed E-state index contributed by atoms with van der Waals surface area (Å²) in [6, 6.07) is 10.8. The Balaban J connectivity index is 1.62. The lowest BCUT2D eigenvalue weighted by atomic mass is 10.1. The lowest BCUT2D eigenvalue weighted by molar-refractivity contribution is 0.238. The van der Waals surface area contributed by atoms with Gasteiger partial charge in [-0.15, -0.1) is 0 Å². The van der Waals surface area contributed by atoms with Crippen molar-refractivity contribution in [3.8, 4) is 0 Å². The van der Waals surface area contributed by atoms with Crippen LogP contribution in [0.2, 0.25) is 0 Å². The van der Waals surface area contributed by atoms with Crippen LogP contribution >= 0.6 is 0 Å². The zero-order valence-corrected chi connectivity index (χ0v) is 14.2. The maximum absolute atomic E-state index is 4.54. The number of imidazole rings is 1. The highest BCUT2D eigenvalue weighted by atomic mass is 15.2. The van der Waals surface area contributed by atoms with Gasteiger partial charge in [0.15, 0.2) is 0 Å². The highest BCUT2D eigenvalue weighted by Crippen LogP contribution is 2.11. The summed E-state index contributed by atoms with van der Waals surface area (Å²) < 4.78 is 2.21. The Morgan fingerprint density at radius 2 is 1.92 bits per heavy atom. The summed E-state index contributed by atoms with van der Waals surface area (Å²) in [4.78, 5) is 15.3. The molecule has 1 aromatic carbocycles. The molecule has 24 heavy (non-hydrogen) atoms. The van der Waals surface area contributed by atoms with Gasteiger partial charge in [-0.2, -0.15) is 0 Å². The van der Waals surface area contributed by atoms with Crippen LogP contribution in [0.15, 0.2) is 61.3 Å². The SMILES string of the molecule is CC(Cc1cnccn1)N(C)Cc1nccn1Cc1ccccc1. The number of hydrogen-bond donors (Lipinski definition) is 0. The number of rotatable bonds is 7. The first kappa shape index (κ1) is 16.3. The molecule has 0 N–H and O–H groups in total. The Hall–Kier alpha value is -2.53. The zero-order valence-electron chi connectivity index (χ0n) is 14.2. The van der Waals surface area contributed by atoms with Gasteiger partial charge in [-0.25, -0.2) is 4.98 Å². The molecule has 3 rings (SSSR count). The molecule has 1 atom stereocenters. The second-order valence-electron chi connectivity index (χ2n) is 6.12. The van der Waals surface area contributed by atoms with E-state index in [0.29, 0.717) is 6.04 Å². The second-order valence-corrected chi connectivity index (χ2v) is 6.12.